The van der Waals surface area contributed by atoms with Gasteiger partial charge < -0.3 is 4.79 Å². The predicted octanol–water partition coefficient (Wildman–Crippen LogP) is 2.34. The van der Waals surface area contributed by atoms with E-state index in [1.807, 2.05) is 12.3 Å². The van der Waals surface area contributed by atoms with Crippen molar-refractivity contribution in [3.05, 3.63) is 29.6 Å². The zero-order chi connectivity index (χ0) is 9.97. The number of rotatable bonds is 2. The van der Waals surface area contributed by atoms with Gasteiger partial charge in [-0.25, -0.2) is 0 Å². The van der Waals surface area contributed by atoms with E-state index in [1.54, 1.807) is 0 Å². The highest BCUT2D eigenvalue weighted by molar-refractivity contribution is 5.52. The SMILES string of the molecule is C[C@H]1Cc2ncccc2[C@@H](CC=O)C1. The predicted molar refractivity (Wildman–Crippen MR) is 55.1 cm³/mol. The van der Waals surface area contributed by atoms with Gasteiger partial charge in [0.15, 0.2) is 0 Å². The van der Waals surface area contributed by atoms with Crippen LogP contribution in [0.15, 0.2) is 18.3 Å². The molecule has 0 bridgehead atoms. The number of aldehydes is 1. The van der Waals surface area contributed by atoms with Crippen LogP contribution in [0.4, 0.5) is 0 Å². The third-order valence-corrected chi connectivity index (χ3v) is 2.97. The van der Waals surface area contributed by atoms with E-state index in [1.165, 1.54) is 11.3 Å². The first kappa shape index (κ1) is 9.38. The monoisotopic (exact) mass is 189 g/mol. The first-order valence-corrected chi connectivity index (χ1v) is 5.18. The number of carbonyl (C=O) groups is 1. The van der Waals surface area contributed by atoms with Crippen LogP contribution in [0, 0.1) is 5.92 Å². The molecule has 14 heavy (non-hydrogen) atoms. The number of hydrogen-bond acceptors (Lipinski definition) is 2. The fourth-order valence-corrected chi connectivity index (χ4v) is 2.36. The Balaban J connectivity index is 2.33. The molecule has 0 N–H and O–H groups in total. The van der Waals surface area contributed by atoms with Crippen molar-refractivity contribution in [3.63, 3.8) is 0 Å². The van der Waals surface area contributed by atoms with Crippen LogP contribution in [-0.4, -0.2) is 11.3 Å². The summed E-state index contributed by atoms with van der Waals surface area (Å²) < 4.78 is 0. The van der Waals surface area contributed by atoms with Crippen LogP contribution in [0.5, 0.6) is 0 Å². The van der Waals surface area contributed by atoms with Crippen LogP contribution in [0.1, 0.15) is 36.9 Å². The second kappa shape index (κ2) is 3.91. The van der Waals surface area contributed by atoms with Crippen molar-refractivity contribution in [3.8, 4) is 0 Å². The van der Waals surface area contributed by atoms with Gasteiger partial charge in [-0.05, 0) is 36.3 Å². The molecule has 2 atom stereocenters. The molecule has 1 heterocycles. The molecule has 74 valence electrons. The fourth-order valence-electron chi connectivity index (χ4n) is 2.36. The summed E-state index contributed by atoms with van der Waals surface area (Å²) >= 11 is 0. The minimum absolute atomic E-state index is 0.403. The largest absolute Gasteiger partial charge is 0.303 e. The van der Waals surface area contributed by atoms with Crippen LogP contribution >= 0.6 is 0 Å². The van der Waals surface area contributed by atoms with Gasteiger partial charge in [-0.1, -0.05) is 13.0 Å². The molecule has 0 unspecified atom stereocenters. The highest BCUT2D eigenvalue weighted by Crippen LogP contribution is 2.34. The topological polar surface area (TPSA) is 30.0 Å². The van der Waals surface area contributed by atoms with E-state index in [0.717, 1.165) is 19.1 Å². The Morgan fingerprint density at radius 3 is 3.29 bits per heavy atom. The maximum atomic E-state index is 10.6. The molecular formula is C12H15NO. The van der Waals surface area contributed by atoms with Gasteiger partial charge in [0.25, 0.3) is 0 Å². The Morgan fingerprint density at radius 2 is 2.50 bits per heavy atom. The van der Waals surface area contributed by atoms with Crippen LogP contribution in [-0.2, 0) is 11.2 Å². The molecule has 0 spiro atoms. The Hall–Kier alpha value is -1.18. The van der Waals surface area contributed by atoms with Crippen LogP contribution in [0.2, 0.25) is 0 Å². The summed E-state index contributed by atoms with van der Waals surface area (Å²) in [6.07, 6.45) is 5.69. The number of aromatic nitrogens is 1. The van der Waals surface area contributed by atoms with E-state index >= 15 is 0 Å². The summed E-state index contributed by atoms with van der Waals surface area (Å²) in [5, 5.41) is 0. The standard InChI is InChI=1S/C12H15NO/c1-9-7-10(4-6-14)11-3-2-5-13-12(11)8-9/h2-3,5-6,9-10H,4,7-8H2,1H3/t9-,10+/m1/s1. The van der Waals surface area contributed by atoms with E-state index in [2.05, 4.69) is 18.0 Å². The highest BCUT2D eigenvalue weighted by atomic mass is 16.1. The van der Waals surface area contributed by atoms with Gasteiger partial charge in [0, 0.05) is 18.3 Å². The fraction of sp³-hybridized carbons (Fsp3) is 0.500. The molecule has 2 nitrogen and oxygen atoms in total. The van der Waals surface area contributed by atoms with Gasteiger partial charge in [-0.15, -0.1) is 0 Å². The van der Waals surface area contributed by atoms with E-state index < -0.39 is 0 Å². The zero-order valence-electron chi connectivity index (χ0n) is 8.44. The third kappa shape index (κ3) is 1.69. The normalized spacial score (nSPS) is 25.5. The quantitative estimate of drug-likeness (QED) is 0.668. The Labute approximate surface area is 84.4 Å². The van der Waals surface area contributed by atoms with Gasteiger partial charge in [0.1, 0.15) is 6.29 Å². The molecule has 1 aromatic rings. The van der Waals surface area contributed by atoms with Crippen molar-refractivity contribution < 1.29 is 4.79 Å². The lowest BCUT2D eigenvalue weighted by Gasteiger charge is -2.27. The maximum absolute atomic E-state index is 10.6. The number of fused-ring (bicyclic) bond motifs is 1. The van der Waals surface area contributed by atoms with Gasteiger partial charge in [0.05, 0.1) is 0 Å². The summed E-state index contributed by atoms with van der Waals surface area (Å²) in [5.74, 6) is 1.06. The number of hydrogen-bond donors (Lipinski definition) is 0. The first-order chi connectivity index (χ1) is 6.81. The van der Waals surface area contributed by atoms with Crippen molar-refractivity contribution in [2.75, 3.05) is 0 Å². The molecule has 1 aromatic heterocycles. The van der Waals surface area contributed by atoms with Crippen LogP contribution in [0.3, 0.4) is 0 Å². The van der Waals surface area contributed by atoms with Gasteiger partial charge in [-0.2, -0.15) is 0 Å². The molecule has 2 heteroatoms. The van der Waals surface area contributed by atoms with Crippen molar-refractivity contribution >= 4 is 6.29 Å². The molecule has 1 aliphatic rings. The van der Waals surface area contributed by atoms with E-state index in [4.69, 9.17) is 0 Å². The maximum Gasteiger partial charge on any atom is 0.120 e. The van der Waals surface area contributed by atoms with E-state index in [0.29, 0.717) is 18.3 Å². The Bertz CT molecular complexity index is 335. The summed E-state index contributed by atoms with van der Waals surface area (Å²) in [6.45, 7) is 2.23. The average molecular weight is 189 g/mol. The van der Waals surface area contributed by atoms with Gasteiger partial charge in [-0.3, -0.25) is 4.98 Å². The third-order valence-electron chi connectivity index (χ3n) is 2.97. The number of nitrogens with zero attached hydrogens (tertiary/aromatic N) is 1. The number of carbonyl (C=O) groups excluding carboxylic acids is 1. The van der Waals surface area contributed by atoms with Crippen LogP contribution < -0.4 is 0 Å². The number of pyridine rings is 1. The lowest BCUT2D eigenvalue weighted by molar-refractivity contribution is -0.108. The molecule has 0 amide bonds. The summed E-state index contributed by atoms with van der Waals surface area (Å²) in [5.41, 5.74) is 2.48. The summed E-state index contributed by atoms with van der Waals surface area (Å²) in [7, 11) is 0. The highest BCUT2D eigenvalue weighted by Gasteiger charge is 2.24. The molecule has 0 saturated heterocycles. The molecule has 0 saturated carbocycles. The van der Waals surface area contributed by atoms with Gasteiger partial charge in [0.2, 0.25) is 0 Å². The van der Waals surface area contributed by atoms with Crippen LogP contribution in [0.25, 0.3) is 0 Å². The van der Waals surface area contributed by atoms with Crippen molar-refractivity contribution in [1.82, 2.24) is 4.98 Å². The van der Waals surface area contributed by atoms with Gasteiger partial charge >= 0.3 is 0 Å². The molecule has 0 aliphatic heterocycles. The van der Waals surface area contributed by atoms with Crippen molar-refractivity contribution in [1.29, 1.82) is 0 Å². The lowest BCUT2D eigenvalue weighted by Crippen LogP contribution is -2.18. The zero-order valence-corrected chi connectivity index (χ0v) is 8.44. The molecule has 0 aromatic carbocycles. The molecule has 0 radical (unpaired) electrons. The first-order valence-electron chi connectivity index (χ1n) is 5.18. The summed E-state index contributed by atoms with van der Waals surface area (Å²) in [6, 6.07) is 4.08. The van der Waals surface area contributed by atoms with E-state index in [9.17, 15) is 4.79 Å². The molecular weight excluding hydrogens is 174 g/mol. The molecule has 2 rings (SSSR count). The average Bonchev–Trinajstić information content (AvgIpc) is 2.18. The molecule has 1 aliphatic carbocycles. The second-order valence-electron chi connectivity index (χ2n) is 4.18. The smallest absolute Gasteiger partial charge is 0.120 e. The van der Waals surface area contributed by atoms with Crippen molar-refractivity contribution in [2.24, 2.45) is 5.92 Å². The van der Waals surface area contributed by atoms with E-state index in [-0.39, 0.29) is 0 Å². The molecule has 0 fully saturated rings. The Kier molecular flexibility index (Phi) is 2.62. The lowest BCUT2D eigenvalue weighted by atomic mass is 9.79. The second-order valence-corrected chi connectivity index (χ2v) is 4.18. The minimum atomic E-state index is 0.403. The van der Waals surface area contributed by atoms with Crippen molar-refractivity contribution in [2.45, 2.75) is 32.1 Å². The summed E-state index contributed by atoms with van der Waals surface area (Å²) in [4.78, 5) is 15.0. The minimum Gasteiger partial charge on any atom is -0.303 e. The Morgan fingerprint density at radius 1 is 1.64 bits per heavy atom.